The summed E-state index contributed by atoms with van der Waals surface area (Å²) in [4.78, 5) is 0. The summed E-state index contributed by atoms with van der Waals surface area (Å²) < 4.78 is 0. The third kappa shape index (κ3) is 4.22. The fourth-order valence-electron chi connectivity index (χ4n) is 3.68. The Balaban J connectivity index is 1.59. The second-order valence-corrected chi connectivity index (χ2v) is 6.00. The summed E-state index contributed by atoms with van der Waals surface area (Å²) in [6.07, 6.45) is 11.6. The van der Waals surface area contributed by atoms with Crippen LogP contribution in [0.4, 0.5) is 0 Å². The van der Waals surface area contributed by atoms with Gasteiger partial charge in [-0.1, -0.05) is 19.3 Å². The second kappa shape index (κ2) is 8.13. The highest BCUT2D eigenvalue weighted by Crippen LogP contribution is 2.31. The highest BCUT2D eigenvalue weighted by Gasteiger charge is 2.34. The van der Waals surface area contributed by atoms with Gasteiger partial charge in [0.05, 0.1) is 0 Å². The average molecular weight is 254 g/mol. The molecule has 1 saturated heterocycles. The van der Waals surface area contributed by atoms with Crippen LogP contribution >= 0.6 is 0 Å². The Morgan fingerprint density at radius 3 is 2.67 bits per heavy atom. The van der Waals surface area contributed by atoms with Crippen LogP contribution in [0, 0.1) is 5.92 Å². The Morgan fingerprint density at radius 2 is 1.89 bits per heavy atom. The largest absolute Gasteiger partial charge is 0.396 e. The van der Waals surface area contributed by atoms with Crippen LogP contribution in [0.1, 0.15) is 57.8 Å². The molecule has 18 heavy (non-hydrogen) atoms. The molecule has 3 unspecified atom stereocenters. The van der Waals surface area contributed by atoms with Crippen LogP contribution in [0.25, 0.3) is 0 Å². The molecule has 0 aromatic rings. The maximum absolute atomic E-state index is 8.73. The van der Waals surface area contributed by atoms with Crippen molar-refractivity contribution >= 4 is 0 Å². The van der Waals surface area contributed by atoms with Crippen molar-refractivity contribution in [2.75, 3.05) is 19.7 Å². The van der Waals surface area contributed by atoms with Crippen molar-refractivity contribution in [3.8, 4) is 0 Å². The molecule has 1 heterocycles. The Bertz CT molecular complexity index is 217. The van der Waals surface area contributed by atoms with Gasteiger partial charge in [0.2, 0.25) is 0 Å². The summed E-state index contributed by atoms with van der Waals surface area (Å²) in [5, 5.41) is 16.2. The molecule has 1 aliphatic carbocycles. The van der Waals surface area contributed by atoms with E-state index in [1.807, 2.05) is 0 Å². The van der Waals surface area contributed by atoms with Crippen molar-refractivity contribution in [1.29, 1.82) is 0 Å². The first kappa shape index (κ1) is 14.3. The Kier molecular flexibility index (Phi) is 6.46. The minimum absolute atomic E-state index is 0.353. The van der Waals surface area contributed by atoms with Crippen molar-refractivity contribution in [1.82, 2.24) is 10.6 Å². The predicted molar refractivity (Wildman–Crippen MR) is 75.7 cm³/mol. The molecule has 3 heteroatoms. The number of unbranched alkanes of at least 4 members (excludes halogenated alkanes) is 3. The van der Waals surface area contributed by atoms with E-state index < -0.39 is 0 Å². The van der Waals surface area contributed by atoms with E-state index in [2.05, 4.69) is 10.6 Å². The molecule has 0 aromatic carbocycles. The second-order valence-electron chi connectivity index (χ2n) is 6.00. The van der Waals surface area contributed by atoms with Gasteiger partial charge >= 0.3 is 0 Å². The molecule has 106 valence electrons. The zero-order valence-corrected chi connectivity index (χ0v) is 11.7. The number of rotatable bonds is 8. The molecule has 2 fully saturated rings. The van der Waals surface area contributed by atoms with Crippen molar-refractivity contribution in [3.63, 3.8) is 0 Å². The lowest BCUT2D eigenvalue weighted by atomic mass is 9.93. The van der Waals surface area contributed by atoms with E-state index in [1.54, 1.807) is 0 Å². The third-order valence-electron chi connectivity index (χ3n) is 4.68. The molecular weight excluding hydrogens is 224 g/mol. The Morgan fingerprint density at radius 1 is 1.00 bits per heavy atom. The van der Waals surface area contributed by atoms with Gasteiger partial charge in [0.1, 0.15) is 0 Å². The van der Waals surface area contributed by atoms with E-state index in [4.69, 9.17) is 5.11 Å². The van der Waals surface area contributed by atoms with Crippen molar-refractivity contribution < 1.29 is 5.11 Å². The summed E-state index contributed by atoms with van der Waals surface area (Å²) in [7, 11) is 0. The molecule has 3 nitrogen and oxygen atoms in total. The van der Waals surface area contributed by atoms with Crippen LogP contribution in [0.15, 0.2) is 0 Å². The van der Waals surface area contributed by atoms with Gasteiger partial charge in [-0.05, 0) is 57.5 Å². The molecule has 0 amide bonds. The number of aliphatic hydroxyl groups excluding tert-OH is 1. The van der Waals surface area contributed by atoms with Crippen LogP contribution in [0.5, 0.6) is 0 Å². The molecule has 0 bridgehead atoms. The van der Waals surface area contributed by atoms with Gasteiger partial charge in [-0.15, -0.1) is 0 Å². The summed E-state index contributed by atoms with van der Waals surface area (Å²) in [5.41, 5.74) is 0. The summed E-state index contributed by atoms with van der Waals surface area (Å²) in [6, 6.07) is 1.55. The molecule has 3 N–H and O–H groups in total. The lowest BCUT2D eigenvalue weighted by Gasteiger charge is -2.26. The smallest absolute Gasteiger partial charge is 0.0431 e. The standard InChI is InChI=1S/C15H30N2O/c18-12-4-2-1-3-10-16-14-8-5-7-13(14)15-9-6-11-17-15/h13-18H,1-12H2. The van der Waals surface area contributed by atoms with Crippen LogP contribution in [-0.4, -0.2) is 36.9 Å². The normalized spacial score (nSPS) is 32.2. The fourth-order valence-corrected chi connectivity index (χ4v) is 3.68. The first-order chi connectivity index (χ1) is 8.92. The summed E-state index contributed by atoms with van der Waals surface area (Å²) >= 11 is 0. The molecule has 2 rings (SSSR count). The van der Waals surface area contributed by atoms with Gasteiger partial charge in [-0.2, -0.15) is 0 Å². The van der Waals surface area contributed by atoms with Crippen LogP contribution in [0.3, 0.4) is 0 Å². The van der Waals surface area contributed by atoms with Gasteiger partial charge in [-0.3, -0.25) is 0 Å². The van der Waals surface area contributed by atoms with E-state index in [0.29, 0.717) is 6.61 Å². The molecule has 0 radical (unpaired) electrons. The molecular formula is C15H30N2O. The van der Waals surface area contributed by atoms with Crippen LogP contribution in [-0.2, 0) is 0 Å². The number of aliphatic hydroxyl groups is 1. The highest BCUT2D eigenvalue weighted by molar-refractivity contribution is 4.93. The molecule has 1 saturated carbocycles. The van der Waals surface area contributed by atoms with Gasteiger partial charge in [0.25, 0.3) is 0 Å². The SMILES string of the molecule is OCCCCCCNC1CCCC1C1CCCN1. The Labute approximate surface area is 112 Å². The van der Waals surface area contributed by atoms with Gasteiger partial charge in [0, 0.05) is 18.7 Å². The van der Waals surface area contributed by atoms with Crippen LogP contribution < -0.4 is 10.6 Å². The van der Waals surface area contributed by atoms with Crippen molar-refractivity contribution in [3.05, 3.63) is 0 Å². The molecule has 1 aliphatic heterocycles. The summed E-state index contributed by atoms with van der Waals surface area (Å²) in [5.74, 6) is 0.880. The highest BCUT2D eigenvalue weighted by atomic mass is 16.2. The van der Waals surface area contributed by atoms with E-state index in [1.165, 1.54) is 64.5 Å². The van der Waals surface area contributed by atoms with Crippen molar-refractivity contribution in [2.24, 2.45) is 5.92 Å². The number of hydrogen-bond acceptors (Lipinski definition) is 3. The first-order valence-corrected chi connectivity index (χ1v) is 7.99. The molecule has 2 aliphatic rings. The zero-order chi connectivity index (χ0) is 12.6. The molecule has 3 atom stereocenters. The zero-order valence-electron chi connectivity index (χ0n) is 11.7. The van der Waals surface area contributed by atoms with E-state index in [-0.39, 0.29) is 0 Å². The predicted octanol–water partition coefficient (Wildman–Crippen LogP) is 2.05. The third-order valence-corrected chi connectivity index (χ3v) is 4.68. The van der Waals surface area contributed by atoms with Gasteiger partial charge in [0.15, 0.2) is 0 Å². The number of nitrogens with one attached hydrogen (secondary N) is 2. The minimum atomic E-state index is 0.353. The topological polar surface area (TPSA) is 44.3 Å². The fraction of sp³-hybridized carbons (Fsp3) is 1.00. The quantitative estimate of drug-likeness (QED) is 0.581. The van der Waals surface area contributed by atoms with Gasteiger partial charge < -0.3 is 15.7 Å². The maximum Gasteiger partial charge on any atom is 0.0431 e. The van der Waals surface area contributed by atoms with Crippen LogP contribution in [0.2, 0.25) is 0 Å². The average Bonchev–Trinajstić information content (AvgIpc) is 3.03. The maximum atomic E-state index is 8.73. The van der Waals surface area contributed by atoms with E-state index >= 15 is 0 Å². The van der Waals surface area contributed by atoms with Crippen molar-refractivity contribution in [2.45, 2.75) is 69.9 Å². The lowest BCUT2D eigenvalue weighted by molar-refractivity contribution is 0.281. The van der Waals surface area contributed by atoms with E-state index in [0.717, 1.165) is 24.4 Å². The lowest BCUT2D eigenvalue weighted by Crippen LogP contribution is -2.42. The Hall–Kier alpha value is -0.120. The first-order valence-electron chi connectivity index (χ1n) is 7.99. The van der Waals surface area contributed by atoms with Gasteiger partial charge in [-0.25, -0.2) is 0 Å². The number of hydrogen-bond donors (Lipinski definition) is 3. The molecule has 0 aromatic heterocycles. The monoisotopic (exact) mass is 254 g/mol. The minimum Gasteiger partial charge on any atom is -0.396 e. The van der Waals surface area contributed by atoms with E-state index in [9.17, 15) is 0 Å². The summed E-state index contributed by atoms with van der Waals surface area (Å²) in [6.45, 7) is 2.75. The molecule has 0 spiro atoms.